The van der Waals surface area contributed by atoms with Gasteiger partial charge in [0.05, 0.1) is 12.1 Å². The van der Waals surface area contributed by atoms with Gasteiger partial charge in [-0.25, -0.2) is 0 Å². The second-order valence-electron chi connectivity index (χ2n) is 4.74. The van der Waals surface area contributed by atoms with Gasteiger partial charge in [0.2, 0.25) is 0 Å². The average molecular weight is 399 g/mol. The summed E-state index contributed by atoms with van der Waals surface area (Å²) in [4.78, 5) is 0. The Bertz CT molecular complexity index is 565. The van der Waals surface area contributed by atoms with Crippen molar-refractivity contribution in [1.82, 2.24) is 0 Å². The molecule has 2 rings (SSSR count). The molecule has 1 atom stereocenters. The molecule has 20 heavy (non-hydrogen) atoms. The van der Waals surface area contributed by atoms with Crippen molar-refractivity contribution >= 4 is 37.5 Å². The van der Waals surface area contributed by atoms with Crippen LogP contribution in [0.25, 0.3) is 0 Å². The lowest BCUT2D eigenvalue weighted by molar-refractivity contribution is 0.207. The van der Waals surface area contributed by atoms with E-state index >= 15 is 0 Å². The van der Waals surface area contributed by atoms with Crippen molar-refractivity contribution < 1.29 is 5.11 Å². The van der Waals surface area contributed by atoms with Crippen molar-refractivity contribution in [2.24, 2.45) is 0 Å². The maximum atomic E-state index is 9.95. The van der Waals surface area contributed by atoms with E-state index in [0.29, 0.717) is 0 Å². The lowest BCUT2D eigenvalue weighted by Gasteiger charge is -2.34. The van der Waals surface area contributed by atoms with E-state index in [1.165, 1.54) is 0 Å². The summed E-state index contributed by atoms with van der Waals surface area (Å²) in [6, 6.07) is 16.0. The first-order chi connectivity index (χ1) is 9.59. The molecule has 106 valence electrons. The summed E-state index contributed by atoms with van der Waals surface area (Å²) in [5.74, 6) is 0. The fourth-order valence-electron chi connectivity index (χ4n) is 2.20. The quantitative estimate of drug-likeness (QED) is 0.748. The second-order valence-corrected chi connectivity index (χ2v) is 6.57. The van der Waals surface area contributed by atoms with E-state index < -0.39 is 5.54 Å². The van der Waals surface area contributed by atoms with Crippen LogP contribution < -0.4 is 5.32 Å². The average Bonchev–Trinajstić information content (AvgIpc) is 2.47. The van der Waals surface area contributed by atoms with Gasteiger partial charge in [0.15, 0.2) is 0 Å². The number of anilines is 1. The Morgan fingerprint density at radius 3 is 2.30 bits per heavy atom. The summed E-state index contributed by atoms with van der Waals surface area (Å²) in [5, 5.41) is 13.4. The molecule has 2 N–H and O–H groups in total. The fourth-order valence-corrected chi connectivity index (χ4v) is 2.87. The number of hydrogen-bond donors (Lipinski definition) is 2. The van der Waals surface area contributed by atoms with Gasteiger partial charge in [0.1, 0.15) is 0 Å². The van der Waals surface area contributed by atoms with Crippen LogP contribution in [0.3, 0.4) is 0 Å². The molecule has 0 heterocycles. The topological polar surface area (TPSA) is 32.3 Å². The Balaban J connectivity index is 2.36. The third kappa shape index (κ3) is 3.43. The van der Waals surface area contributed by atoms with Gasteiger partial charge in [-0.05, 0) is 48.4 Å². The van der Waals surface area contributed by atoms with Gasteiger partial charge in [-0.3, -0.25) is 0 Å². The van der Waals surface area contributed by atoms with Crippen LogP contribution in [0.5, 0.6) is 0 Å². The largest absolute Gasteiger partial charge is 0.394 e. The highest BCUT2D eigenvalue weighted by Crippen LogP contribution is 2.31. The van der Waals surface area contributed by atoms with Crippen LogP contribution in [0.1, 0.15) is 18.9 Å². The Morgan fingerprint density at radius 1 is 1.05 bits per heavy atom. The summed E-state index contributed by atoms with van der Waals surface area (Å²) >= 11 is 6.92. The molecule has 1 unspecified atom stereocenters. The van der Waals surface area contributed by atoms with Gasteiger partial charge in [-0.1, -0.05) is 50.9 Å². The third-order valence-corrected chi connectivity index (χ3v) is 4.50. The zero-order chi connectivity index (χ0) is 14.6. The number of hydrogen-bond acceptors (Lipinski definition) is 2. The zero-order valence-corrected chi connectivity index (χ0v) is 14.4. The molecule has 2 aromatic rings. The van der Waals surface area contributed by atoms with Crippen LogP contribution in [-0.2, 0) is 5.54 Å². The molecule has 0 aliphatic rings. The summed E-state index contributed by atoms with van der Waals surface area (Å²) in [6.07, 6.45) is 0.788. The summed E-state index contributed by atoms with van der Waals surface area (Å²) < 4.78 is 2.05. The van der Waals surface area contributed by atoms with Gasteiger partial charge in [0, 0.05) is 14.6 Å². The van der Waals surface area contributed by atoms with E-state index in [1.54, 1.807) is 0 Å². The molecule has 0 aliphatic carbocycles. The van der Waals surface area contributed by atoms with Crippen molar-refractivity contribution in [2.45, 2.75) is 18.9 Å². The summed E-state index contributed by atoms with van der Waals surface area (Å²) in [5.41, 5.74) is 1.58. The highest BCUT2D eigenvalue weighted by Gasteiger charge is 2.29. The monoisotopic (exact) mass is 397 g/mol. The van der Waals surface area contributed by atoms with Crippen LogP contribution in [-0.4, -0.2) is 11.7 Å². The van der Waals surface area contributed by atoms with E-state index in [-0.39, 0.29) is 6.61 Å². The highest BCUT2D eigenvalue weighted by molar-refractivity contribution is 9.10. The first-order valence-electron chi connectivity index (χ1n) is 6.50. The minimum Gasteiger partial charge on any atom is -0.394 e. The third-order valence-electron chi connectivity index (χ3n) is 3.48. The van der Waals surface area contributed by atoms with Crippen molar-refractivity contribution in [1.29, 1.82) is 0 Å². The molecule has 0 aromatic heterocycles. The van der Waals surface area contributed by atoms with Gasteiger partial charge in [-0.15, -0.1) is 0 Å². The van der Waals surface area contributed by atoms with Crippen LogP contribution in [0, 0.1) is 0 Å². The lowest BCUT2D eigenvalue weighted by Crippen LogP contribution is -2.38. The molecule has 2 aromatic carbocycles. The molecule has 4 heteroatoms. The Morgan fingerprint density at radius 2 is 1.75 bits per heavy atom. The first kappa shape index (κ1) is 15.5. The normalized spacial score (nSPS) is 13.8. The number of aliphatic hydroxyl groups is 1. The second kappa shape index (κ2) is 6.74. The van der Waals surface area contributed by atoms with E-state index in [2.05, 4.69) is 44.1 Å². The lowest BCUT2D eigenvalue weighted by atomic mass is 9.87. The molecule has 0 bridgehead atoms. The zero-order valence-electron chi connectivity index (χ0n) is 11.2. The molecule has 0 fully saturated rings. The van der Waals surface area contributed by atoms with Crippen molar-refractivity contribution in [3.05, 3.63) is 63.0 Å². The fraction of sp³-hybridized carbons (Fsp3) is 0.250. The molecule has 0 saturated carbocycles. The Hall–Kier alpha value is -0.840. The maximum Gasteiger partial charge on any atom is 0.0854 e. The van der Waals surface area contributed by atoms with Crippen LogP contribution in [0.15, 0.2) is 57.5 Å². The standard InChI is InChI=1S/C16H17Br2NO/c1-2-16(11-20,12-4-3-5-14(18)10-12)19-15-8-6-13(17)7-9-15/h3-10,19-20H,2,11H2,1H3. The molecule has 2 nitrogen and oxygen atoms in total. The number of nitrogens with one attached hydrogen (secondary N) is 1. The molecule has 0 saturated heterocycles. The van der Waals surface area contributed by atoms with Crippen molar-refractivity contribution in [2.75, 3.05) is 11.9 Å². The van der Waals surface area contributed by atoms with E-state index in [0.717, 1.165) is 26.6 Å². The number of rotatable bonds is 5. The van der Waals surface area contributed by atoms with Crippen LogP contribution in [0.4, 0.5) is 5.69 Å². The van der Waals surface area contributed by atoms with Gasteiger partial charge >= 0.3 is 0 Å². The number of halogens is 2. The van der Waals surface area contributed by atoms with E-state index in [9.17, 15) is 5.11 Å². The van der Waals surface area contributed by atoms with E-state index in [1.807, 2.05) is 48.5 Å². The smallest absolute Gasteiger partial charge is 0.0854 e. The molecule has 0 aliphatic heterocycles. The van der Waals surface area contributed by atoms with Crippen molar-refractivity contribution in [3.63, 3.8) is 0 Å². The first-order valence-corrected chi connectivity index (χ1v) is 8.09. The maximum absolute atomic E-state index is 9.95. The van der Waals surface area contributed by atoms with Crippen LogP contribution in [0.2, 0.25) is 0 Å². The Labute approximate surface area is 136 Å². The predicted molar refractivity (Wildman–Crippen MR) is 91.0 cm³/mol. The van der Waals surface area contributed by atoms with Crippen LogP contribution >= 0.6 is 31.9 Å². The SMILES string of the molecule is CCC(CO)(Nc1ccc(Br)cc1)c1cccc(Br)c1. The molecule has 0 radical (unpaired) electrons. The van der Waals surface area contributed by atoms with Gasteiger partial charge in [-0.2, -0.15) is 0 Å². The highest BCUT2D eigenvalue weighted by atomic mass is 79.9. The Kier molecular flexibility index (Phi) is 5.24. The molecule has 0 spiro atoms. The summed E-state index contributed by atoms with van der Waals surface area (Å²) in [6.45, 7) is 2.11. The van der Waals surface area contributed by atoms with Gasteiger partial charge in [0.25, 0.3) is 0 Å². The predicted octanol–water partition coefficient (Wildman–Crippen LogP) is 4.92. The van der Waals surface area contributed by atoms with E-state index in [4.69, 9.17) is 0 Å². The number of benzene rings is 2. The molecular weight excluding hydrogens is 382 g/mol. The summed E-state index contributed by atoms with van der Waals surface area (Å²) in [7, 11) is 0. The molecule has 0 amide bonds. The molecular formula is C16H17Br2NO. The minimum absolute atomic E-state index is 0.0377. The van der Waals surface area contributed by atoms with Crippen molar-refractivity contribution in [3.8, 4) is 0 Å². The number of aliphatic hydroxyl groups excluding tert-OH is 1. The minimum atomic E-state index is -0.475. The van der Waals surface area contributed by atoms with Gasteiger partial charge < -0.3 is 10.4 Å².